The van der Waals surface area contributed by atoms with Crippen molar-refractivity contribution in [2.24, 2.45) is 0 Å². The number of hydrogen-bond acceptors (Lipinski definition) is 6. The number of halogens is 3. The monoisotopic (exact) mass is 331 g/mol. The fourth-order valence-electron chi connectivity index (χ4n) is 2.33. The summed E-state index contributed by atoms with van der Waals surface area (Å²) >= 11 is 0. The van der Waals surface area contributed by atoms with Crippen molar-refractivity contribution in [3.8, 4) is 0 Å². The van der Waals surface area contributed by atoms with Gasteiger partial charge in [0.25, 0.3) is 0 Å². The number of carbonyl (C=O) groups excluding carboxylic acids is 1. The van der Waals surface area contributed by atoms with Crippen LogP contribution in [0.4, 0.5) is 13.2 Å². The first kappa shape index (κ1) is 19.1. The van der Waals surface area contributed by atoms with Gasteiger partial charge in [0, 0.05) is 6.42 Å². The van der Waals surface area contributed by atoms with Crippen LogP contribution in [0.2, 0.25) is 0 Å². The van der Waals surface area contributed by atoms with Crippen molar-refractivity contribution in [2.45, 2.75) is 56.6 Å². The molecular weight excluding hydrogens is 311 g/mol. The van der Waals surface area contributed by atoms with E-state index in [9.17, 15) is 33.3 Å². The Hall–Kier alpha value is -0.940. The number of hydrogen-bond donors (Lipinski definition) is 4. The topological polar surface area (TPSA) is 110 Å². The summed E-state index contributed by atoms with van der Waals surface area (Å²) in [5.41, 5.74) is 0. The Bertz CT molecular complexity index is 380. The molecule has 1 aliphatic rings. The number of aliphatic hydroxyl groups is 4. The van der Waals surface area contributed by atoms with E-state index < -0.39 is 55.9 Å². The number of rotatable bonds is 5. The quantitative estimate of drug-likeness (QED) is 0.513. The molecule has 1 fully saturated rings. The zero-order chi connectivity index (χ0) is 17.1. The molecule has 0 aromatic rings. The molecule has 1 heterocycles. The fourth-order valence-corrected chi connectivity index (χ4v) is 2.33. The van der Waals surface area contributed by atoms with Gasteiger partial charge in [0.05, 0.1) is 6.61 Å². The molecule has 0 bridgehead atoms. The second-order valence-electron chi connectivity index (χ2n) is 5.11. The van der Waals surface area contributed by atoms with E-state index in [0.29, 0.717) is 0 Å². The second-order valence-corrected chi connectivity index (χ2v) is 5.11. The first-order valence-corrected chi connectivity index (χ1v) is 6.79. The van der Waals surface area contributed by atoms with Crippen LogP contribution in [-0.4, -0.2) is 81.2 Å². The Labute approximate surface area is 124 Å². The summed E-state index contributed by atoms with van der Waals surface area (Å²) < 4.78 is 42.8. The molecular formula is C12H20F3NO6. The van der Waals surface area contributed by atoms with Crippen LogP contribution in [0.5, 0.6) is 0 Å². The lowest BCUT2D eigenvalue weighted by molar-refractivity contribution is -0.277. The Morgan fingerprint density at radius 2 is 1.82 bits per heavy atom. The van der Waals surface area contributed by atoms with Crippen LogP contribution in [-0.2, 0) is 9.53 Å². The van der Waals surface area contributed by atoms with Crippen LogP contribution in [0, 0.1) is 0 Å². The Balaban J connectivity index is 3.03. The maximum atomic E-state index is 12.7. The van der Waals surface area contributed by atoms with Gasteiger partial charge in [0.2, 0.25) is 5.91 Å². The molecule has 22 heavy (non-hydrogen) atoms. The van der Waals surface area contributed by atoms with E-state index in [1.54, 1.807) is 6.92 Å². The van der Waals surface area contributed by atoms with Crippen LogP contribution >= 0.6 is 0 Å². The van der Waals surface area contributed by atoms with Gasteiger partial charge in [-0.2, -0.15) is 13.2 Å². The maximum absolute atomic E-state index is 12.7. The van der Waals surface area contributed by atoms with Crippen molar-refractivity contribution in [1.29, 1.82) is 0 Å². The first-order chi connectivity index (χ1) is 10.1. The van der Waals surface area contributed by atoms with Gasteiger partial charge in [0.1, 0.15) is 30.9 Å². The van der Waals surface area contributed by atoms with Gasteiger partial charge >= 0.3 is 6.18 Å². The standard InChI is InChI=1S/C12H20F3NO6/c1-2-3-7(18)16(5-12(13,14)15)8-10(20)9(19)6(4-17)22-11(8)21/h6,8-11,17,19-21H,2-5H2,1H3/t6-,8-,9-,10-,11?/m1/s1. The molecule has 0 aliphatic carbocycles. The van der Waals surface area contributed by atoms with Crippen LogP contribution in [0.25, 0.3) is 0 Å². The van der Waals surface area contributed by atoms with Crippen LogP contribution in [0.15, 0.2) is 0 Å². The first-order valence-electron chi connectivity index (χ1n) is 6.79. The van der Waals surface area contributed by atoms with E-state index in [2.05, 4.69) is 0 Å². The van der Waals surface area contributed by atoms with Gasteiger partial charge in [-0.25, -0.2) is 0 Å². The number of aliphatic hydroxyl groups excluding tert-OH is 4. The largest absolute Gasteiger partial charge is 0.406 e. The predicted molar refractivity (Wildman–Crippen MR) is 66.4 cm³/mol. The molecule has 10 heteroatoms. The van der Waals surface area contributed by atoms with E-state index in [0.717, 1.165) is 0 Å². The molecule has 5 atom stereocenters. The van der Waals surface area contributed by atoms with E-state index in [4.69, 9.17) is 9.84 Å². The number of carbonyl (C=O) groups is 1. The average Bonchev–Trinajstić information content (AvgIpc) is 2.40. The molecule has 0 aromatic heterocycles. The SMILES string of the molecule is CCCC(=O)N(CC(F)(F)F)[C@H]1C(O)O[C@H](CO)[C@@H](O)[C@@H]1O. The highest BCUT2D eigenvalue weighted by Crippen LogP contribution is 2.27. The van der Waals surface area contributed by atoms with Crippen molar-refractivity contribution in [3.05, 3.63) is 0 Å². The van der Waals surface area contributed by atoms with Gasteiger partial charge < -0.3 is 30.1 Å². The van der Waals surface area contributed by atoms with Crippen molar-refractivity contribution in [3.63, 3.8) is 0 Å². The molecule has 1 unspecified atom stereocenters. The Morgan fingerprint density at radius 3 is 2.27 bits per heavy atom. The molecule has 0 radical (unpaired) electrons. The lowest BCUT2D eigenvalue weighted by Crippen LogP contribution is -2.66. The van der Waals surface area contributed by atoms with Crippen LogP contribution in [0.1, 0.15) is 19.8 Å². The van der Waals surface area contributed by atoms with E-state index >= 15 is 0 Å². The molecule has 0 spiro atoms. The van der Waals surface area contributed by atoms with Crippen LogP contribution in [0.3, 0.4) is 0 Å². The van der Waals surface area contributed by atoms with E-state index in [-0.39, 0.29) is 17.7 Å². The van der Waals surface area contributed by atoms with E-state index in [1.165, 1.54) is 0 Å². The van der Waals surface area contributed by atoms with Crippen molar-refractivity contribution < 1.29 is 43.1 Å². The summed E-state index contributed by atoms with van der Waals surface area (Å²) in [6.45, 7) is -0.848. The summed E-state index contributed by atoms with van der Waals surface area (Å²) in [4.78, 5) is 12.1. The molecule has 130 valence electrons. The minimum atomic E-state index is -4.75. The smallest absolute Gasteiger partial charge is 0.394 e. The van der Waals surface area contributed by atoms with Gasteiger partial charge in [-0.1, -0.05) is 6.92 Å². The van der Waals surface area contributed by atoms with E-state index in [1.807, 2.05) is 0 Å². The summed E-state index contributed by atoms with van der Waals surface area (Å²) in [5, 5.41) is 38.4. The Kier molecular flexibility index (Phi) is 6.56. The normalized spacial score (nSPS) is 32.8. The molecule has 1 amide bonds. The highest BCUT2D eigenvalue weighted by atomic mass is 19.4. The molecule has 1 rings (SSSR count). The Morgan fingerprint density at radius 1 is 1.23 bits per heavy atom. The average molecular weight is 331 g/mol. The van der Waals surface area contributed by atoms with Crippen molar-refractivity contribution >= 4 is 5.91 Å². The summed E-state index contributed by atoms with van der Waals surface area (Å²) in [7, 11) is 0. The minimum Gasteiger partial charge on any atom is -0.394 e. The van der Waals surface area contributed by atoms with Crippen LogP contribution < -0.4 is 0 Å². The molecule has 0 aromatic carbocycles. The molecule has 0 saturated carbocycles. The van der Waals surface area contributed by atoms with Gasteiger partial charge in [-0.3, -0.25) is 4.79 Å². The highest BCUT2D eigenvalue weighted by molar-refractivity contribution is 5.76. The summed E-state index contributed by atoms with van der Waals surface area (Å²) in [5.74, 6) is -0.929. The molecule has 1 aliphatic heterocycles. The number of amides is 1. The maximum Gasteiger partial charge on any atom is 0.406 e. The minimum absolute atomic E-state index is 0.217. The lowest BCUT2D eigenvalue weighted by atomic mass is 9.95. The highest BCUT2D eigenvalue weighted by Gasteiger charge is 2.49. The molecule has 4 N–H and O–H groups in total. The molecule has 7 nitrogen and oxygen atoms in total. The third-order valence-corrected chi connectivity index (χ3v) is 3.36. The zero-order valence-corrected chi connectivity index (χ0v) is 11.9. The number of nitrogens with zero attached hydrogens (tertiary/aromatic N) is 1. The predicted octanol–water partition coefficient (Wildman–Crippen LogP) is -1.02. The third-order valence-electron chi connectivity index (χ3n) is 3.36. The van der Waals surface area contributed by atoms with Crippen molar-refractivity contribution in [1.82, 2.24) is 4.90 Å². The second kappa shape index (κ2) is 7.55. The number of alkyl halides is 3. The van der Waals surface area contributed by atoms with Gasteiger partial charge in [-0.15, -0.1) is 0 Å². The summed E-state index contributed by atoms with van der Waals surface area (Å²) in [6, 6.07) is -1.78. The lowest BCUT2D eigenvalue weighted by Gasteiger charge is -2.45. The molecule has 1 saturated heterocycles. The van der Waals surface area contributed by atoms with Crippen molar-refractivity contribution in [2.75, 3.05) is 13.2 Å². The summed E-state index contributed by atoms with van der Waals surface area (Å²) in [6.07, 6.45) is -11.6. The zero-order valence-electron chi connectivity index (χ0n) is 11.9. The number of ether oxygens (including phenoxy) is 1. The van der Waals surface area contributed by atoms with Gasteiger partial charge in [-0.05, 0) is 6.42 Å². The fraction of sp³-hybridized carbons (Fsp3) is 0.917. The van der Waals surface area contributed by atoms with Gasteiger partial charge in [0.15, 0.2) is 6.29 Å². The third kappa shape index (κ3) is 4.53.